The third-order valence-electron chi connectivity index (χ3n) is 6.47. The van der Waals surface area contributed by atoms with E-state index in [4.69, 9.17) is 5.11 Å². The lowest BCUT2D eigenvalue weighted by molar-refractivity contribution is 0.0393. The van der Waals surface area contributed by atoms with Crippen LogP contribution in [0.2, 0.25) is 0 Å². The minimum atomic E-state index is -0.582. The maximum atomic E-state index is 9.53. The van der Waals surface area contributed by atoms with Crippen molar-refractivity contribution >= 4 is 0 Å². The number of aliphatic hydroxyl groups is 2. The first-order valence-corrected chi connectivity index (χ1v) is 13.0. The first-order valence-electron chi connectivity index (χ1n) is 13.0. The van der Waals surface area contributed by atoms with Crippen LogP contribution in [0.1, 0.15) is 110 Å². The summed E-state index contributed by atoms with van der Waals surface area (Å²) in [6, 6.07) is 0. The molecule has 1 aliphatic heterocycles. The van der Waals surface area contributed by atoms with Gasteiger partial charge < -0.3 is 15.1 Å². The molecule has 1 fully saturated rings. The Morgan fingerprint density at radius 2 is 0.966 bits per heavy atom. The molecule has 0 aromatic heterocycles. The summed E-state index contributed by atoms with van der Waals surface area (Å²) < 4.78 is 0. The van der Waals surface area contributed by atoms with Crippen LogP contribution in [0.25, 0.3) is 0 Å². The highest BCUT2D eigenvalue weighted by molar-refractivity contribution is 4.74. The van der Waals surface area contributed by atoms with Crippen molar-refractivity contribution in [3.05, 3.63) is 0 Å². The quantitative estimate of drug-likeness (QED) is 0.269. The molecular formula is C25H52N2O2. The average molecular weight is 413 g/mol. The highest BCUT2D eigenvalue weighted by Crippen LogP contribution is 2.14. The van der Waals surface area contributed by atoms with Gasteiger partial charge in [0.15, 0.2) is 0 Å². The smallest absolute Gasteiger partial charge is 0.0897 e. The van der Waals surface area contributed by atoms with Crippen molar-refractivity contribution in [2.75, 3.05) is 45.9 Å². The molecule has 1 heterocycles. The summed E-state index contributed by atoms with van der Waals surface area (Å²) >= 11 is 0. The lowest BCUT2D eigenvalue weighted by Gasteiger charge is -2.35. The van der Waals surface area contributed by atoms with Gasteiger partial charge in [-0.25, -0.2) is 0 Å². The van der Waals surface area contributed by atoms with Crippen molar-refractivity contribution in [3.63, 3.8) is 0 Å². The molecule has 2 N–H and O–H groups in total. The molecule has 0 amide bonds. The number of nitrogens with zero attached hydrogens (tertiary/aromatic N) is 2. The van der Waals surface area contributed by atoms with E-state index in [1.807, 2.05) is 0 Å². The maximum Gasteiger partial charge on any atom is 0.0897 e. The summed E-state index contributed by atoms with van der Waals surface area (Å²) in [5, 5.41) is 18.5. The van der Waals surface area contributed by atoms with E-state index in [9.17, 15) is 5.11 Å². The van der Waals surface area contributed by atoms with E-state index in [0.29, 0.717) is 6.54 Å². The molecule has 1 atom stereocenters. The van der Waals surface area contributed by atoms with Gasteiger partial charge in [0.1, 0.15) is 0 Å². The molecule has 29 heavy (non-hydrogen) atoms. The largest absolute Gasteiger partial charge is 0.394 e. The Kier molecular flexibility index (Phi) is 18.3. The number of β-amino-alcohol motifs (C(OH)–C–C–N with tert-alkyl or cyclic N) is 1. The van der Waals surface area contributed by atoms with Crippen LogP contribution in [0.3, 0.4) is 0 Å². The number of piperazine rings is 1. The Bertz CT molecular complexity index is 333. The fraction of sp³-hybridized carbons (Fsp3) is 1.00. The Labute approximate surface area is 182 Å². The van der Waals surface area contributed by atoms with Crippen LogP contribution in [-0.4, -0.2) is 72.0 Å². The molecule has 1 unspecified atom stereocenters. The summed E-state index contributed by atoms with van der Waals surface area (Å²) in [4.78, 5) is 4.83. The van der Waals surface area contributed by atoms with Crippen LogP contribution in [0.15, 0.2) is 0 Å². The van der Waals surface area contributed by atoms with Gasteiger partial charge in [-0.3, -0.25) is 4.90 Å². The molecule has 1 aliphatic rings. The van der Waals surface area contributed by atoms with Crippen molar-refractivity contribution in [2.24, 2.45) is 0 Å². The zero-order valence-electron chi connectivity index (χ0n) is 19.6. The van der Waals surface area contributed by atoms with Gasteiger partial charge in [0.05, 0.1) is 12.7 Å². The van der Waals surface area contributed by atoms with Crippen molar-refractivity contribution in [1.82, 2.24) is 9.80 Å². The summed E-state index contributed by atoms with van der Waals surface area (Å²) in [6.07, 6.45) is 22.3. The third kappa shape index (κ3) is 16.2. The van der Waals surface area contributed by atoms with Gasteiger partial charge in [0, 0.05) is 32.7 Å². The molecule has 0 radical (unpaired) electrons. The molecule has 0 bridgehead atoms. The first-order chi connectivity index (χ1) is 14.3. The predicted octanol–water partition coefficient (Wildman–Crippen LogP) is 5.22. The zero-order chi connectivity index (χ0) is 21.0. The average Bonchev–Trinajstić information content (AvgIpc) is 2.74. The second kappa shape index (κ2) is 19.8. The van der Waals surface area contributed by atoms with Gasteiger partial charge in [0.2, 0.25) is 0 Å². The third-order valence-corrected chi connectivity index (χ3v) is 6.47. The van der Waals surface area contributed by atoms with E-state index in [2.05, 4.69) is 16.7 Å². The van der Waals surface area contributed by atoms with Crippen LogP contribution < -0.4 is 0 Å². The van der Waals surface area contributed by atoms with Gasteiger partial charge in [-0.05, 0) is 13.0 Å². The minimum absolute atomic E-state index is 0.126. The lowest BCUT2D eigenvalue weighted by atomic mass is 10.0. The number of aliphatic hydroxyl groups excluding tert-OH is 2. The fourth-order valence-corrected chi connectivity index (χ4v) is 4.43. The van der Waals surface area contributed by atoms with E-state index in [1.54, 1.807) is 0 Å². The maximum absolute atomic E-state index is 9.53. The zero-order valence-corrected chi connectivity index (χ0v) is 19.6. The molecule has 4 nitrogen and oxygen atoms in total. The second-order valence-corrected chi connectivity index (χ2v) is 9.28. The molecule has 0 aliphatic carbocycles. The Balaban J connectivity index is 1.75. The Morgan fingerprint density at radius 3 is 1.38 bits per heavy atom. The van der Waals surface area contributed by atoms with E-state index < -0.39 is 6.10 Å². The van der Waals surface area contributed by atoms with Crippen LogP contribution in [0.5, 0.6) is 0 Å². The Hall–Kier alpha value is -0.160. The highest BCUT2D eigenvalue weighted by Gasteiger charge is 2.18. The molecule has 0 saturated carbocycles. The van der Waals surface area contributed by atoms with Gasteiger partial charge in [-0.2, -0.15) is 0 Å². The molecule has 0 aromatic carbocycles. The van der Waals surface area contributed by atoms with E-state index in [1.165, 1.54) is 109 Å². The van der Waals surface area contributed by atoms with Crippen molar-refractivity contribution < 1.29 is 10.2 Å². The standard InChI is InChI=1S/C25H52N2O2/c1-2-3-4-5-6-7-8-9-10-11-12-13-14-15-16-17-18-26-19-21-27(22-20-26)23-25(29)24-28/h25,28-29H,2-24H2,1H3. The number of hydrogen-bond donors (Lipinski definition) is 2. The van der Waals surface area contributed by atoms with Gasteiger partial charge in [-0.15, -0.1) is 0 Å². The molecule has 0 spiro atoms. The molecule has 4 heteroatoms. The summed E-state index contributed by atoms with van der Waals surface area (Å²) in [7, 11) is 0. The summed E-state index contributed by atoms with van der Waals surface area (Å²) in [6.45, 7) is 8.27. The van der Waals surface area contributed by atoms with E-state index in [0.717, 1.165) is 26.2 Å². The summed E-state index contributed by atoms with van der Waals surface area (Å²) in [5.74, 6) is 0. The van der Waals surface area contributed by atoms with Crippen molar-refractivity contribution in [3.8, 4) is 0 Å². The second-order valence-electron chi connectivity index (χ2n) is 9.28. The predicted molar refractivity (Wildman–Crippen MR) is 126 cm³/mol. The number of rotatable bonds is 20. The SMILES string of the molecule is CCCCCCCCCCCCCCCCCCN1CCN(CC(O)CO)CC1. The molecular weight excluding hydrogens is 360 g/mol. The summed E-state index contributed by atoms with van der Waals surface area (Å²) in [5.41, 5.74) is 0. The van der Waals surface area contributed by atoms with Gasteiger partial charge in [-0.1, -0.05) is 103 Å². The van der Waals surface area contributed by atoms with Crippen molar-refractivity contribution in [1.29, 1.82) is 0 Å². The lowest BCUT2D eigenvalue weighted by Crippen LogP contribution is -2.49. The first kappa shape index (κ1) is 26.9. The fourth-order valence-electron chi connectivity index (χ4n) is 4.43. The van der Waals surface area contributed by atoms with E-state index >= 15 is 0 Å². The van der Waals surface area contributed by atoms with Crippen LogP contribution in [0, 0.1) is 0 Å². The van der Waals surface area contributed by atoms with Crippen LogP contribution in [-0.2, 0) is 0 Å². The normalized spacial score (nSPS) is 17.1. The molecule has 1 saturated heterocycles. The molecule has 0 aromatic rings. The van der Waals surface area contributed by atoms with Gasteiger partial charge in [0.25, 0.3) is 0 Å². The molecule has 1 rings (SSSR count). The highest BCUT2D eigenvalue weighted by atomic mass is 16.3. The van der Waals surface area contributed by atoms with Crippen LogP contribution in [0.4, 0.5) is 0 Å². The molecule has 174 valence electrons. The van der Waals surface area contributed by atoms with Gasteiger partial charge >= 0.3 is 0 Å². The topological polar surface area (TPSA) is 46.9 Å². The van der Waals surface area contributed by atoms with Crippen molar-refractivity contribution in [2.45, 2.75) is 116 Å². The number of unbranched alkanes of at least 4 members (excludes halogenated alkanes) is 15. The monoisotopic (exact) mass is 412 g/mol. The van der Waals surface area contributed by atoms with E-state index in [-0.39, 0.29) is 6.61 Å². The number of hydrogen-bond acceptors (Lipinski definition) is 4. The van der Waals surface area contributed by atoms with Crippen LogP contribution >= 0.6 is 0 Å². The minimum Gasteiger partial charge on any atom is -0.394 e. The Morgan fingerprint density at radius 1 is 0.586 bits per heavy atom.